The van der Waals surface area contributed by atoms with Crippen LogP contribution in [0.3, 0.4) is 0 Å². The van der Waals surface area contributed by atoms with Crippen LogP contribution >= 0.6 is 0 Å². The van der Waals surface area contributed by atoms with Gasteiger partial charge in [0.05, 0.1) is 18.8 Å². The number of halogens is 2. The molecule has 120 valence electrons. The molecule has 0 aliphatic carbocycles. The van der Waals surface area contributed by atoms with Crippen LogP contribution in [0.5, 0.6) is 5.75 Å². The van der Waals surface area contributed by atoms with E-state index < -0.39 is 17.7 Å². The van der Waals surface area contributed by atoms with Gasteiger partial charge in [0.25, 0.3) is 0 Å². The van der Waals surface area contributed by atoms with Crippen molar-refractivity contribution in [3.05, 3.63) is 29.3 Å². The second kappa shape index (κ2) is 9.72. The van der Waals surface area contributed by atoms with Crippen LogP contribution < -0.4 is 4.74 Å². The van der Waals surface area contributed by atoms with E-state index in [0.29, 0.717) is 6.42 Å². The van der Waals surface area contributed by atoms with E-state index in [2.05, 4.69) is 6.92 Å². The number of hydrogen-bond donors (Lipinski definition) is 1. The van der Waals surface area contributed by atoms with E-state index in [1.54, 1.807) is 0 Å². The molecule has 0 radical (unpaired) electrons. The third-order valence-electron chi connectivity index (χ3n) is 3.70. The molecule has 0 amide bonds. The fraction of sp³-hybridized carbons (Fsp3) is 0.647. The lowest BCUT2D eigenvalue weighted by molar-refractivity contribution is 0.153. The van der Waals surface area contributed by atoms with E-state index >= 15 is 0 Å². The van der Waals surface area contributed by atoms with Crippen LogP contribution in [0.4, 0.5) is 8.78 Å². The number of rotatable bonds is 10. The molecule has 0 aliphatic heterocycles. The first-order valence-corrected chi connectivity index (χ1v) is 7.81. The Hall–Kier alpha value is -1.16. The summed E-state index contributed by atoms with van der Waals surface area (Å²) >= 11 is 0. The summed E-state index contributed by atoms with van der Waals surface area (Å²) in [5.74, 6) is -1.37. The van der Waals surface area contributed by atoms with Gasteiger partial charge in [0.1, 0.15) is 17.4 Å². The van der Waals surface area contributed by atoms with Gasteiger partial charge in [-0.3, -0.25) is 0 Å². The van der Waals surface area contributed by atoms with Crippen LogP contribution in [-0.4, -0.2) is 12.2 Å². The number of aliphatic hydroxyl groups is 1. The summed E-state index contributed by atoms with van der Waals surface area (Å²) in [6, 6.07) is 2.21. The van der Waals surface area contributed by atoms with Gasteiger partial charge in [-0.05, 0) is 6.42 Å². The van der Waals surface area contributed by atoms with Crippen LogP contribution in [-0.2, 0) is 0 Å². The fourth-order valence-electron chi connectivity index (χ4n) is 2.44. The Morgan fingerprint density at radius 3 is 2.05 bits per heavy atom. The van der Waals surface area contributed by atoms with E-state index in [1.807, 2.05) is 0 Å². The highest BCUT2D eigenvalue weighted by molar-refractivity contribution is 5.31. The predicted octanol–water partition coefficient (Wildman–Crippen LogP) is 5.15. The molecule has 1 atom stereocenters. The van der Waals surface area contributed by atoms with Crippen LogP contribution in [0.1, 0.15) is 70.0 Å². The molecule has 0 saturated carbocycles. The summed E-state index contributed by atoms with van der Waals surface area (Å²) in [6.07, 6.45) is 7.06. The van der Waals surface area contributed by atoms with E-state index in [9.17, 15) is 13.9 Å². The molecule has 0 heterocycles. The van der Waals surface area contributed by atoms with Gasteiger partial charge < -0.3 is 9.84 Å². The maximum Gasteiger partial charge on any atom is 0.135 e. The van der Waals surface area contributed by atoms with Crippen molar-refractivity contribution in [2.24, 2.45) is 0 Å². The van der Waals surface area contributed by atoms with Crippen LogP contribution in [0.2, 0.25) is 0 Å². The molecule has 0 spiro atoms. The number of methoxy groups -OCH3 is 1. The minimum absolute atomic E-state index is 0.122. The molecule has 0 aromatic heterocycles. The van der Waals surface area contributed by atoms with Crippen molar-refractivity contribution in [2.45, 2.75) is 64.4 Å². The number of ether oxygens (including phenoxy) is 1. The standard InChI is InChI=1S/C17H26F2O2/c1-3-4-5-6-7-8-9-10-16(20)17-14(18)11-13(21-2)12-15(17)19/h11-12,16,20H,3-10H2,1-2H3. The normalized spacial score (nSPS) is 12.4. The Labute approximate surface area is 126 Å². The zero-order chi connectivity index (χ0) is 15.7. The van der Waals surface area contributed by atoms with Gasteiger partial charge in [0.15, 0.2) is 0 Å². The number of unbranched alkanes of at least 4 members (excludes halogenated alkanes) is 6. The lowest BCUT2D eigenvalue weighted by atomic mass is 10.0. The summed E-state index contributed by atoms with van der Waals surface area (Å²) in [7, 11) is 1.35. The third-order valence-corrected chi connectivity index (χ3v) is 3.70. The number of hydrogen-bond acceptors (Lipinski definition) is 2. The molecule has 0 bridgehead atoms. The van der Waals surface area contributed by atoms with Crippen molar-refractivity contribution < 1.29 is 18.6 Å². The Morgan fingerprint density at radius 1 is 1.00 bits per heavy atom. The molecule has 0 aliphatic rings. The molecule has 1 aromatic carbocycles. The lowest BCUT2D eigenvalue weighted by Gasteiger charge is -2.14. The van der Waals surface area contributed by atoms with Gasteiger partial charge in [-0.15, -0.1) is 0 Å². The summed E-state index contributed by atoms with van der Waals surface area (Å²) in [5.41, 5.74) is -0.248. The zero-order valence-corrected chi connectivity index (χ0v) is 13.0. The Morgan fingerprint density at radius 2 is 1.52 bits per heavy atom. The Balaban J connectivity index is 2.40. The van der Waals surface area contributed by atoms with Gasteiger partial charge in [-0.2, -0.15) is 0 Å². The van der Waals surface area contributed by atoms with E-state index in [1.165, 1.54) is 32.8 Å². The molecule has 0 saturated heterocycles. The Bertz CT molecular complexity index is 398. The highest BCUT2D eigenvalue weighted by Gasteiger charge is 2.19. The van der Waals surface area contributed by atoms with Crippen molar-refractivity contribution >= 4 is 0 Å². The second-order valence-electron chi connectivity index (χ2n) is 5.43. The van der Waals surface area contributed by atoms with Crippen LogP contribution in [0.15, 0.2) is 12.1 Å². The first-order valence-electron chi connectivity index (χ1n) is 7.81. The molecule has 1 N–H and O–H groups in total. The van der Waals surface area contributed by atoms with E-state index in [-0.39, 0.29) is 11.3 Å². The van der Waals surface area contributed by atoms with Crippen molar-refractivity contribution in [3.8, 4) is 5.75 Å². The van der Waals surface area contributed by atoms with E-state index in [4.69, 9.17) is 4.74 Å². The first-order chi connectivity index (χ1) is 10.1. The highest BCUT2D eigenvalue weighted by Crippen LogP contribution is 2.28. The summed E-state index contributed by atoms with van der Waals surface area (Å²) < 4.78 is 32.4. The highest BCUT2D eigenvalue weighted by atomic mass is 19.1. The van der Waals surface area contributed by atoms with Crippen molar-refractivity contribution in [3.63, 3.8) is 0 Å². The molecule has 4 heteroatoms. The largest absolute Gasteiger partial charge is 0.497 e. The van der Waals surface area contributed by atoms with Gasteiger partial charge >= 0.3 is 0 Å². The molecule has 2 nitrogen and oxygen atoms in total. The van der Waals surface area contributed by atoms with Crippen molar-refractivity contribution in [2.75, 3.05) is 7.11 Å². The van der Waals surface area contributed by atoms with Gasteiger partial charge in [0, 0.05) is 12.1 Å². The quantitative estimate of drug-likeness (QED) is 0.606. The fourth-order valence-corrected chi connectivity index (χ4v) is 2.44. The third kappa shape index (κ3) is 6.00. The SMILES string of the molecule is CCCCCCCCCC(O)c1c(F)cc(OC)cc1F. The minimum Gasteiger partial charge on any atom is -0.497 e. The van der Waals surface area contributed by atoms with Crippen molar-refractivity contribution in [1.29, 1.82) is 0 Å². The lowest BCUT2D eigenvalue weighted by Crippen LogP contribution is -2.05. The first kappa shape index (κ1) is 17.9. The topological polar surface area (TPSA) is 29.5 Å². The monoisotopic (exact) mass is 300 g/mol. The smallest absolute Gasteiger partial charge is 0.135 e. The van der Waals surface area contributed by atoms with Gasteiger partial charge in [-0.25, -0.2) is 8.78 Å². The summed E-state index contributed by atoms with van der Waals surface area (Å²) in [5, 5.41) is 9.97. The zero-order valence-electron chi connectivity index (χ0n) is 13.0. The average Bonchev–Trinajstić information content (AvgIpc) is 2.45. The minimum atomic E-state index is -1.09. The molecule has 1 aromatic rings. The maximum atomic E-state index is 13.8. The maximum absolute atomic E-state index is 13.8. The van der Waals surface area contributed by atoms with Gasteiger partial charge in [0.2, 0.25) is 0 Å². The molecule has 0 fully saturated rings. The summed E-state index contributed by atoms with van der Waals surface area (Å²) in [6.45, 7) is 2.17. The molecular weight excluding hydrogens is 274 g/mol. The number of benzene rings is 1. The Kier molecular flexibility index (Phi) is 8.28. The molecule has 1 rings (SSSR count). The predicted molar refractivity (Wildman–Crippen MR) is 80.5 cm³/mol. The molecule has 21 heavy (non-hydrogen) atoms. The van der Waals surface area contributed by atoms with Crippen LogP contribution in [0, 0.1) is 11.6 Å². The van der Waals surface area contributed by atoms with E-state index in [0.717, 1.165) is 31.4 Å². The molecule has 1 unspecified atom stereocenters. The summed E-state index contributed by atoms with van der Waals surface area (Å²) in [4.78, 5) is 0. The van der Waals surface area contributed by atoms with Gasteiger partial charge in [-0.1, -0.05) is 51.9 Å². The second-order valence-corrected chi connectivity index (χ2v) is 5.43. The number of aliphatic hydroxyl groups excluding tert-OH is 1. The van der Waals surface area contributed by atoms with Crippen molar-refractivity contribution in [1.82, 2.24) is 0 Å². The molecular formula is C17H26F2O2. The average molecular weight is 300 g/mol. The van der Waals surface area contributed by atoms with Crippen LogP contribution in [0.25, 0.3) is 0 Å².